The van der Waals surface area contributed by atoms with Gasteiger partial charge in [-0.3, -0.25) is 4.98 Å². The number of fused-ring (bicyclic) bond motifs is 1. The van der Waals surface area contributed by atoms with E-state index in [2.05, 4.69) is 52.5 Å². The minimum absolute atomic E-state index is 0.647. The third kappa shape index (κ3) is 2.84. The van der Waals surface area contributed by atoms with Gasteiger partial charge < -0.3 is 10.3 Å². The number of rotatable bonds is 4. The molecule has 1 aromatic carbocycles. The molecule has 2 N–H and O–H groups in total. The lowest BCUT2D eigenvalue weighted by molar-refractivity contribution is 0.603. The molecule has 3 heteroatoms. The third-order valence-corrected chi connectivity index (χ3v) is 5.15. The van der Waals surface area contributed by atoms with E-state index in [0.717, 1.165) is 18.5 Å². The van der Waals surface area contributed by atoms with Gasteiger partial charge in [-0.15, -0.1) is 0 Å². The van der Waals surface area contributed by atoms with Gasteiger partial charge in [-0.2, -0.15) is 0 Å². The first-order valence-electron chi connectivity index (χ1n) is 9.04. The quantitative estimate of drug-likeness (QED) is 0.748. The monoisotopic (exact) mass is 319 g/mol. The zero-order chi connectivity index (χ0) is 16.5. The van der Waals surface area contributed by atoms with Gasteiger partial charge in [-0.05, 0) is 74.5 Å². The van der Waals surface area contributed by atoms with E-state index in [4.69, 9.17) is 0 Å². The van der Waals surface area contributed by atoms with E-state index in [0.29, 0.717) is 6.04 Å². The molecule has 2 aromatic heterocycles. The van der Waals surface area contributed by atoms with Crippen LogP contribution in [0.5, 0.6) is 0 Å². The summed E-state index contributed by atoms with van der Waals surface area (Å²) in [4.78, 5) is 7.96. The molecule has 0 saturated carbocycles. The van der Waals surface area contributed by atoms with E-state index in [1.807, 2.05) is 13.1 Å². The zero-order valence-corrected chi connectivity index (χ0v) is 14.5. The topological polar surface area (TPSA) is 40.7 Å². The molecular formula is C21H25N3. The van der Waals surface area contributed by atoms with E-state index < -0.39 is 0 Å². The normalized spacial score (nSPS) is 17.7. The van der Waals surface area contributed by atoms with Crippen LogP contribution in [0.25, 0.3) is 22.2 Å². The van der Waals surface area contributed by atoms with Crippen LogP contribution in [0.4, 0.5) is 0 Å². The van der Waals surface area contributed by atoms with Crippen molar-refractivity contribution >= 4 is 10.9 Å². The van der Waals surface area contributed by atoms with Crippen molar-refractivity contribution in [3.63, 3.8) is 0 Å². The number of aryl methyl sites for hydroxylation is 2. The summed E-state index contributed by atoms with van der Waals surface area (Å²) in [6.07, 6.45) is 6.67. The van der Waals surface area contributed by atoms with Crippen LogP contribution in [0.2, 0.25) is 0 Å². The minimum atomic E-state index is 0.647. The maximum absolute atomic E-state index is 4.33. The van der Waals surface area contributed by atoms with Gasteiger partial charge >= 0.3 is 0 Å². The number of hydrogen-bond donors (Lipinski definition) is 2. The van der Waals surface area contributed by atoms with Crippen LogP contribution < -0.4 is 5.32 Å². The van der Waals surface area contributed by atoms with Crippen molar-refractivity contribution in [3.05, 3.63) is 53.3 Å². The number of hydrogen-bond acceptors (Lipinski definition) is 2. The van der Waals surface area contributed by atoms with Gasteiger partial charge in [-0.25, -0.2) is 0 Å². The van der Waals surface area contributed by atoms with Crippen LogP contribution in [0.1, 0.15) is 36.6 Å². The Morgan fingerprint density at radius 1 is 1.21 bits per heavy atom. The second kappa shape index (κ2) is 6.40. The highest BCUT2D eigenvalue weighted by atomic mass is 14.9. The predicted molar refractivity (Wildman–Crippen MR) is 100 cm³/mol. The highest BCUT2D eigenvalue weighted by Gasteiger charge is 2.16. The molecule has 1 saturated heterocycles. The molecule has 4 rings (SSSR count). The fraction of sp³-hybridized carbons (Fsp3) is 0.381. The molecular weight excluding hydrogens is 294 g/mol. The second-order valence-corrected chi connectivity index (χ2v) is 6.90. The van der Waals surface area contributed by atoms with E-state index in [9.17, 15) is 0 Å². The molecule has 0 spiro atoms. The summed E-state index contributed by atoms with van der Waals surface area (Å²) in [5.74, 6) is 0. The summed E-state index contributed by atoms with van der Waals surface area (Å²) in [6, 6.07) is 11.8. The molecule has 3 nitrogen and oxygen atoms in total. The summed E-state index contributed by atoms with van der Waals surface area (Å²) in [7, 11) is 0. The Morgan fingerprint density at radius 3 is 2.88 bits per heavy atom. The molecule has 0 aliphatic carbocycles. The molecule has 1 aliphatic rings. The van der Waals surface area contributed by atoms with Gasteiger partial charge in [0.15, 0.2) is 0 Å². The molecule has 3 aromatic rings. The number of nitrogens with one attached hydrogen (secondary N) is 2. The molecule has 1 unspecified atom stereocenters. The zero-order valence-electron chi connectivity index (χ0n) is 14.5. The van der Waals surface area contributed by atoms with Crippen molar-refractivity contribution in [1.29, 1.82) is 0 Å². The van der Waals surface area contributed by atoms with Crippen LogP contribution in [0.3, 0.4) is 0 Å². The Morgan fingerprint density at radius 2 is 2.12 bits per heavy atom. The average molecular weight is 319 g/mol. The fourth-order valence-corrected chi connectivity index (χ4v) is 3.95. The first-order chi connectivity index (χ1) is 11.7. The molecule has 1 fully saturated rings. The minimum Gasteiger partial charge on any atom is -0.354 e. The maximum Gasteiger partial charge on any atom is 0.0498 e. The Labute approximate surface area is 143 Å². The maximum atomic E-state index is 4.33. The number of aromatic amines is 1. The smallest absolute Gasteiger partial charge is 0.0498 e. The Hall–Kier alpha value is -2.13. The van der Waals surface area contributed by atoms with Crippen LogP contribution in [-0.2, 0) is 12.8 Å². The predicted octanol–water partition coefficient (Wildman–Crippen LogP) is 4.40. The van der Waals surface area contributed by atoms with Gasteiger partial charge in [0.2, 0.25) is 0 Å². The van der Waals surface area contributed by atoms with Crippen molar-refractivity contribution in [1.82, 2.24) is 15.3 Å². The lowest BCUT2D eigenvalue weighted by Crippen LogP contribution is -2.23. The highest BCUT2D eigenvalue weighted by molar-refractivity contribution is 5.91. The largest absolute Gasteiger partial charge is 0.354 e. The van der Waals surface area contributed by atoms with Gasteiger partial charge in [-0.1, -0.05) is 13.0 Å². The number of aromatic nitrogens is 2. The molecule has 124 valence electrons. The standard InChI is InChI=1S/C21H25N3/c1-3-18-19-13-15(12-17-5-4-9-23-17)6-7-20(19)24-21(18)16-8-10-22-14(2)11-16/h6-8,10-11,13,17,23-24H,3-5,9,12H2,1-2H3. The fourth-order valence-electron chi connectivity index (χ4n) is 3.95. The van der Waals surface area contributed by atoms with Crippen molar-refractivity contribution in [2.75, 3.05) is 6.54 Å². The average Bonchev–Trinajstić information content (AvgIpc) is 3.21. The summed E-state index contributed by atoms with van der Waals surface area (Å²) in [5, 5.41) is 4.98. The van der Waals surface area contributed by atoms with Crippen molar-refractivity contribution in [2.24, 2.45) is 0 Å². The third-order valence-electron chi connectivity index (χ3n) is 5.15. The van der Waals surface area contributed by atoms with Crippen LogP contribution in [-0.4, -0.2) is 22.6 Å². The molecule has 24 heavy (non-hydrogen) atoms. The van der Waals surface area contributed by atoms with E-state index in [1.54, 1.807) is 0 Å². The Balaban J connectivity index is 1.76. The summed E-state index contributed by atoms with van der Waals surface area (Å²) in [6.45, 7) is 5.46. The SMILES string of the molecule is CCc1c(-c2ccnc(C)c2)[nH]c2ccc(CC3CCCN3)cc12. The summed E-state index contributed by atoms with van der Waals surface area (Å²) >= 11 is 0. The van der Waals surface area contributed by atoms with Crippen LogP contribution in [0, 0.1) is 6.92 Å². The highest BCUT2D eigenvalue weighted by Crippen LogP contribution is 2.32. The van der Waals surface area contributed by atoms with Gasteiger partial charge in [0.05, 0.1) is 0 Å². The molecule has 0 amide bonds. The summed E-state index contributed by atoms with van der Waals surface area (Å²) < 4.78 is 0. The molecule has 1 atom stereocenters. The first kappa shape index (κ1) is 15.4. The lowest BCUT2D eigenvalue weighted by atomic mass is 9.99. The van der Waals surface area contributed by atoms with Gasteiger partial charge in [0.1, 0.15) is 0 Å². The van der Waals surface area contributed by atoms with Crippen molar-refractivity contribution < 1.29 is 0 Å². The van der Waals surface area contributed by atoms with Crippen molar-refractivity contribution in [2.45, 2.75) is 45.6 Å². The van der Waals surface area contributed by atoms with Crippen molar-refractivity contribution in [3.8, 4) is 11.3 Å². The molecule has 3 heterocycles. The molecule has 1 aliphatic heterocycles. The Bertz CT molecular complexity index is 857. The van der Waals surface area contributed by atoms with E-state index in [-0.39, 0.29) is 0 Å². The summed E-state index contributed by atoms with van der Waals surface area (Å²) in [5.41, 5.74) is 7.62. The van der Waals surface area contributed by atoms with Gasteiger partial charge in [0, 0.05) is 40.1 Å². The molecule has 0 radical (unpaired) electrons. The number of benzene rings is 1. The Kier molecular flexibility index (Phi) is 4.11. The van der Waals surface area contributed by atoms with E-state index in [1.165, 1.54) is 52.7 Å². The second-order valence-electron chi connectivity index (χ2n) is 6.90. The number of nitrogens with zero attached hydrogens (tertiary/aromatic N) is 1. The lowest BCUT2D eigenvalue weighted by Gasteiger charge is -2.10. The number of pyridine rings is 1. The van der Waals surface area contributed by atoms with Crippen LogP contribution >= 0.6 is 0 Å². The van der Waals surface area contributed by atoms with Gasteiger partial charge in [0.25, 0.3) is 0 Å². The van der Waals surface area contributed by atoms with E-state index >= 15 is 0 Å². The molecule has 0 bridgehead atoms. The number of H-pyrrole nitrogens is 1. The first-order valence-corrected chi connectivity index (χ1v) is 9.04. The van der Waals surface area contributed by atoms with Crippen LogP contribution in [0.15, 0.2) is 36.5 Å².